The summed E-state index contributed by atoms with van der Waals surface area (Å²) in [5, 5.41) is 5.38. The van der Waals surface area contributed by atoms with Crippen molar-refractivity contribution in [2.24, 2.45) is 0 Å². The molecule has 4 aromatic rings. The number of hydrogen-bond acceptors (Lipinski definition) is 7. The van der Waals surface area contributed by atoms with Gasteiger partial charge in [-0.2, -0.15) is 5.10 Å². The van der Waals surface area contributed by atoms with Gasteiger partial charge in [-0.1, -0.05) is 41.4 Å². The molecule has 9 nitrogen and oxygen atoms in total. The van der Waals surface area contributed by atoms with E-state index in [-0.39, 0.29) is 29.4 Å². The first kappa shape index (κ1) is 30.1. The first-order valence-corrected chi connectivity index (χ1v) is 15.8. The number of carbonyl (C=O) groups excluding carboxylic acids is 2. The Balaban J connectivity index is 1.62. The van der Waals surface area contributed by atoms with Crippen molar-refractivity contribution in [3.8, 4) is 28.4 Å². The molecule has 1 saturated heterocycles. The van der Waals surface area contributed by atoms with Crippen LogP contribution in [0.5, 0.6) is 11.5 Å². The van der Waals surface area contributed by atoms with Crippen molar-refractivity contribution in [3.05, 3.63) is 88.4 Å². The van der Waals surface area contributed by atoms with Crippen LogP contribution in [-0.2, 0) is 14.3 Å². The van der Waals surface area contributed by atoms with Gasteiger partial charge in [0.1, 0.15) is 23.9 Å². The summed E-state index contributed by atoms with van der Waals surface area (Å²) in [6.07, 6.45) is 0. The maximum atomic E-state index is 14.1. The molecule has 1 aromatic heterocycles. The Morgan fingerprint density at radius 1 is 1.02 bits per heavy atom. The fourth-order valence-corrected chi connectivity index (χ4v) is 6.88. The van der Waals surface area contributed by atoms with Crippen molar-refractivity contribution < 1.29 is 23.8 Å². The Morgan fingerprint density at radius 3 is 2.43 bits per heavy atom. The van der Waals surface area contributed by atoms with Gasteiger partial charge in [0.2, 0.25) is 11.8 Å². The van der Waals surface area contributed by atoms with E-state index >= 15 is 0 Å². The third-order valence-corrected chi connectivity index (χ3v) is 9.35. The lowest BCUT2D eigenvalue weighted by Gasteiger charge is -2.30. The molecule has 0 bridgehead atoms. The second-order valence-electron chi connectivity index (χ2n) is 10.6. The zero-order valence-electron chi connectivity index (χ0n) is 24.8. The summed E-state index contributed by atoms with van der Waals surface area (Å²) >= 11 is 7.77. The lowest BCUT2D eigenvalue weighted by atomic mass is 9.98. The van der Waals surface area contributed by atoms with Gasteiger partial charge >= 0.3 is 0 Å². The van der Waals surface area contributed by atoms with E-state index in [2.05, 4.69) is 0 Å². The van der Waals surface area contributed by atoms with Crippen LogP contribution in [0.2, 0.25) is 5.02 Å². The van der Waals surface area contributed by atoms with Gasteiger partial charge in [0.15, 0.2) is 0 Å². The third kappa shape index (κ3) is 5.89. The third-order valence-electron chi connectivity index (χ3n) is 7.86. The van der Waals surface area contributed by atoms with Crippen molar-refractivity contribution in [2.45, 2.75) is 12.2 Å². The summed E-state index contributed by atoms with van der Waals surface area (Å²) < 4.78 is 18.7. The number of hydrogen-bond donors (Lipinski definition) is 0. The van der Waals surface area contributed by atoms with E-state index in [1.165, 1.54) is 11.8 Å². The van der Waals surface area contributed by atoms with E-state index in [1.54, 1.807) is 28.7 Å². The van der Waals surface area contributed by atoms with Crippen LogP contribution in [-0.4, -0.2) is 79.3 Å². The lowest BCUT2D eigenvalue weighted by Crippen LogP contribution is -2.48. The van der Waals surface area contributed by atoms with E-state index in [1.807, 2.05) is 73.7 Å². The molecule has 0 spiro atoms. The van der Waals surface area contributed by atoms with Crippen LogP contribution in [0.1, 0.15) is 21.9 Å². The highest BCUT2D eigenvalue weighted by Gasteiger charge is 2.39. The van der Waals surface area contributed by atoms with Gasteiger partial charge in [0, 0.05) is 34.8 Å². The number of ether oxygens (including phenoxy) is 3. The van der Waals surface area contributed by atoms with Crippen molar-refractivity contribution in [2.75, 3.05) is 57.7 Å². The van der Waals surface area contributed by atoms with Gasteiger partial charge in [0.05, 0.1) is 49.8 Å². The number of carbonyl (C=O) groups is 2. The SMILES string of the molecule is COc1ccc(OC)c([C@@H]2SCC(=O)N(CC(=O)N3CCOCC3)c3c2c(-c2ccc(Cl)cc2)nn3-c2ccc(C)cc2)c1. The topological polar surface area (TPSA) is 86.1 Å². The largest absolute Gasteiger partial charge is 0.497 e. The lowest BCUT2D eigenvalue weighted by molar-refractivity contribution is -0.134. The molecule has 2 aliphatic rings. The van der Waals surface area contributed by atoms with Gasteiger partial charge < -0.3 is 19.1 Å². The zero-order chi connectivity index (χ0) is 30.8. The van der Waals surface area contributed by atoms with Gasteiger partial charge in [-0.25, -0.2) is 4.68 Å². The predicted octanol–water partition coefficient (Wildman–Crippen LogP) is 5.55. The van der Waals surface area contributed by atoms with Crippen LogP contribution in [0.4, 0.5) is 5.82 Å². The number of morpholine rings is 1. The van der Waals surface area contributed by atoms with Crippen LogP contribution in [0.15, 0.2) is 66.7 Å². The summed E-state index contributed by atoms with van der Waals surface area (Å²) in [7, 11) is 3.25. The standard InChI is InChI=1S/C33H33ClN4O5S/c1-21-4-10-24(11-5-21)38-33-30(31(35-38)22-6-8-23(34)9-7-22)32(26-18-25(41-2)12-13-27(26)42-3)44-20-29(40)37(33)19-28(39)36-14-16-43-17-15-36/h4-13,18,32H,14-17,19-20H2,1-3H3/t32-/m0/s1. The molecule has 228 valence electrons. The van der Waals surface area contributed by atoms with E-state index in [0.717, 1.165) is 27.9 Å². The average Bonchev–Trinajstić information content (AvgIpc) is 3.37. The number of anilines is 1. The molecule has 2 amide bonds. The Bertz CT molecular complexity index is 1670. The smallest absolute Gasteiger partial charge is 0.242 e. The van der Waals surface area contributed by atoms with Crippen molar-refractivity contribution >= 4 is 41.0 Å². The molecular formula is C33H33ClN4O5S. The number of rotatable bonds is 7. The molecule has 0 unspecified atom stereocenters. The first-order valence-electron chi connectivity index (χ1n) is 14.3. The Morgan fingerprint density at radius 2 is 1.75 bits per heavy atom. The Kier molecular flexibility index (Phi) is 8.83. The summed E-state index contributed by atoms with van der Waals surface area (Å²) in [6.45, 7) is 3.82. The van der Waals surface area contributed by atoms with E-state index < -0.39 is 0 Å². The van der Waals surface area contributed by atoms with Crippen LogP contribution in [0.25, 0.3) is 16.9 Å². The fourth-order valence-electron chi connectivity index (χ4n) is 5.54. The monoisotopic (exact) mass is 632 g/mol. The van der Waals surface area contributed by atoms with Gasteiger partial charge in [0.25, 0.3) is 0 Å². The van der Waals surface area contributed by atoms with Crippen LogP contribution < -0.4 is 14.4 Å². The molecule has 6 rings (SSSR count). The van der Waals surface area contributed by atoms with Gasteiger partial charge in [-0.3, -0.25) is 14.5 Å². The molecule has 0 aliphatic carbocycles. The summed E-state index contributed by atoms with van der Waals surface area (Å²) in [5.41, 5.74) is 5.01. The highest BCUT2D eigenvalue weighted by atomic mass is 35.5. The number of halogens is 1. The van der Waals surface area contributed by atoms with Crippen LogP contribution in [0.3, 0.4) is 0 Å². The highest BCUT2D eigenvalue weighted by molar-refractivity contribution is 8.00. The summed E-state index contributed by atoms with van der Waals surface area (Å²) in [6, 6.07) is 21.1. The minimum atomic E-state index is -0.382. The molecule has 11 heteroatoms. The number of thioether (sulfide) groups is 1. The number of fused-ring (bicyclic) bond motifs is 1. The predicted molar refractivity (Wildman–Crippen MR) is 172 cm³/mol. The number of aromatic nitrogens is 2. The number of aryl methyl sites for hydroxylation is 1. The molecule has 1 fully saturated rings. The van der Waals surface area contributed by atoms with Crippen molar-refractivity contribution in [1.82, 2.24) is 14.7 Å². The minimum Gasteiger partial charge on any atom is -0.497 e. The second-order valence-corrected chi connectivity index (χ2v) is 12.1. The number of amides is 2. The molecule has 1 atom stereocenters. The molecule has 2 aliphatic heterocycles. The van der Waals surface area contributed by atoms with E-state index in [0.29, 0.717) is 54.3 Å². The molecule has 0 radical (unpaired) electrons. The Labute approximate surface area is 265 Å². The molecular weight excluding hydrogens is 600 g/mol. The van der Waals surface area contributed by atoms with Crippen LogP contribution >= 0.6 is 23.4 Å². The maximum Gasteiger partial charge on any atom is 0.242 e. The van der Waals surface area contributed by atoms with E-state index in [4.69, 9.17) is 30.9 Å². The van der Waals surface area contributed by atoms with Gasteiger partial charge in [-0.05, 0) is 49.4 Å². The molecule has 0 saturated carbocycles. The normalized spacial score (nSPS) is 16.8. The fraction of sp³-hybridized carbons (Fsp3) is 0.303. The first-order chi connectivity index (χ1) is 21.4. The Hall–Kier alpha value is -3.99. The molecule has 0 N–H and O–H groups in total. The summed E-state index contributed by atoms with van der Waals surface area (Å²) in [5.74, 6) is 1.69. The quantitative estimate of drug-likeness (QED) is 0.264. The minimum absolute atomic E-state index is 0.119. The van der Waals surface area contributed by atoms with Gasteiger partial charge in [-0.15, -0.1) is 11.8 Å². The van der Waals surface area contributed by atoms with Crippen LogP contribution in [0, 0.1) is 6.92 Å². The molecule has 44 heavy (non-hydrogen) atoms. The molecule has 3 heterocycles. The number of benzene rings is 3. The zero-order valence-corrected chi connectivity index (χ0v) is 26.4. The average molecular weight is 633 g/mol. The summed E-state index contributed by atoms with van der Waals surface area (Å²) in [4.78, 5) is 31.1. The van der Waals surface area contributed by atoms with Crippen molar-refractivity contribution in [1.29, 1.82) is 0 Å². The molecule has 3 aromatic carbocycles. The second kappa shape index (κ2) is 12.9. The number of methoxy groups -OCH3 is 2. The van der Waals surface area contributed by atoms with E-state index in [9.17, 15) is 9.59 Å². The van der Waals surface area contributed by atoms with Crippen molar-refractivity contribution in [3.63, 3.8) is 0 Å². The highest BCUT2D eigenvalue weighted by Crippen LogP contribution is 2.51. The maximum absolute atomic E-state index is 14.1. The number of nitrogens with zero attached hydrogens (tertiary/aromatic N) is 4.